The summed E-state index contributed by atoms with van der Waals surface area (Å²) in [6.45, 7) is 10.4. The Kier molecular flexibility index (Phi) is 7.10. The van der Waals surface area contributed by atoms with Gasteiger partial charge in [-0.25, -0.2) is 4.98 Å². The van der Waals surface area contributed by atoms with Gasteiger partial charge in [0, 0.05) is 32.4 Å². The molecule has 0 amide bonds. The number of nitrogens with zero attached hydrogens (tertiary/aromatic N) is 3. The number of hydrogen-bond acceptors (Lipinski definition) is 5. The van der Waals surface area contributed by atoms with Crippen molar-refractivity contribution in [3.05, 3.63) is 12.3 Å². The van der Waals surface area contributed by atoms with Gasteiger partial charge in [-0.2, -0.15) is 4.98 Å². The lowest BCUT2D eigenvalue weighted by Crippen LogP contribution is -2.28. The molecule has 5 heteroatoms. The molecule has 0 unspecified atom stereocenters. The summed E-state index contributed by atoms with van der Waals surface area (Å²) in [7, 11) is 0. The Morgan fingerprint density at radius 3 is 2.83 bits per heavy atom. The van der Waals surface area contributed by atoms with Crippen LogP contribution in [0.1, 0.15) is 27.2 Å². The van der Waals surface area contributed by atoms with Crippen LogP contribution < -0.4 is 10.2 Å². The van der Waals surface area contributed by atoms with E-state index >= 15 is 0 Å². The van der Waals surface area contributed by atoms with Gasteiger partial charge in [-0.1, -0.05) is 6.92 Å². The summed E-state index contributed by atoms with van der Waals surface area (Å²) >= 11 is 0. The van der Waals surface area contributed by atoms with Gasteiger partial charge in [0.15, 0.2) is 0 Å². The fourth-order valence-electron chi connectivity index (χ4n) is 1.60. The van der Waals surface area contributed by atoms with E-state index in [2.05, 4.69) is 34.0 Å². The van der Waals surface area contributed by atoms with Crippen LogP contribution in [0.5, 0.6) is 0 Å². The third-order valence-electron chi connectivity index (χ3n) is 2.59. The molecule has 0 spiro atoms. The van der Waals surface area contributed by atoms with Crippen molar-refractivity contribution in [1.82, 2.24) is 9.97 Å². The lowest BCUT2D eigenvalue weighted by molar-refractivity contribution is 0.154. The Morgan fingerprint density at radius 2 is 2.17 bits per heavy atom. The van der Waals surface area contributed by atoms with Crippen molar-refractivity contribution >= 4 is 11.8 Å². The zero-order chi connectivity index (χ0) is 13.2. The number of likely N-dealkylation sites (N-methyl/N-ethyl adjacent to an activating group) is 1. The summed E-state index contributed by atoms with van der Waals surface area (Å²) in [5.74, 6) is 1.65. The molecule has 1 N–H and O–H groups in total. The molecule has 0 fully saturated rings. The number of hydrogen-bond donors (Lipinski definition) is 1. The van der Waals surface area contributed by atoms with Gasteiger partial charge < -0.3 is 15.0 Å². The molecule has 0 atom stereocenters. The molecule has 0 bridgehead atoms. The molecule has 0 aliphatic rings. The van der Waals surface area contributed by atoms with Gasteiger partial charge in [-0.05, 0) is 26.3 Å². The topological polar surface area (TPSA) is 50.3 Å². The predicted molar refractivity (Wildman–Crippen MR) is 75.2 cm³/mol. The lowest BCUT2D eigenvalue weighted by Gasteiger charge is -2.22. The van der Waals surface area contributed by atoms with Crippen LogP contribution in [0.3, 0.4) is 0 Å². The van der Waals surface area contributed by atoms with Crippen molar-refractivity contribution in [2.45, 2.75) is 27.2 Å². The molecule has 18 heavy (non-hydrogen) atoms. The van der Waals surface area contributed by atoms with E-state index in [1.54, 1.807) is 6.20 Å². The quantitative estimate of drug-likeness (QED) is 0.683. The molecular weight excluding hydrogens is 228 g/mol. The maximum absolute atomic E-state index is 5.38. The first kappa shape index (κ1) is 14.7. The number of aromatic nitrogens is 2. The van der Waals surface area contributed by atoms with Crippen LogP contribution >= 0.6 is 0 Å². The third-order valence-corrected chi connectivity index (χ3v) is 2.59. The molecule has 1 heterocycles. The second-order valence-corrected chi connectivity index (χ2v) is 3.94. The Bertz CT molecular complexity index is 333. The molecule has 0 radical (unpaired) electrons. The van der Waals surface area contributed by atoms with Crippen molar-refractivity contribution in [3.8, 4) is 0 Å². The molecule has 1 aromatic rings. The van der Waals surface area contributed by atoms with Gasteiger partial charge in [-0.15, -0.1) is 0 Å². The summed E-state index contributed by atoms with van der Waals surface area (Å²) in [6.07, 6.45) is 2.86. The first-order valence-electron chi connectivity index (χ1n) is 6.71. The van der Waals surface area contributed by atoms with Gasteiger partial charge in [0.25, 0.3) is 0 Å². The molecule has 0 aliphatic carbocycles. The van der Waals surface area contributed by atoms with Crippen LogP contribution in [0.15, 0.2) is 12.3 Å². The van der Waals surface area contributed by atoms with Crippen molar-refractivity contribution in [3.63, 3.8) is 0 Å². The highest BCUT2D eigenvalue weighted by Crippen LogP contribution is 2.11. The minimum absolute atomic E-state index is 0.698. The largest absolute Gasteiger partial charge is 0.380 e. The highest BCUT2D eigenvalue weighted by molar-refractivity contribution is 5.42. The van der Waals surface area contributed by atoms with Crippen LogP contribution in [0.2, 0.25) is 0 Å². The molecule has 1 aromatic heterocycles. The number of nitrogens with one attached hydrogen (secondary N) is 1. The maximum Gasteiger partial charge on any atom is 0.224 e. The van der Waals surface area contributed by atoms with Gasteiger partial charge in [-0.3, -0.25) is 0 Å². The van der Waals surface area contributed by atoms with Crippen LogP contribution in [0, 0.1) is 0 Å². The minimum atomic E-state index is 0.698. The van der Waals surface area contributed by atoms with E-state index in [9.17, 15) is 0 Å². The molecule has 1 rings (SSSR count). The fourth-order valence-corrected chi connectivity index (χ4v) is 1.60. The van der Waals surface area contributed by atoms with Gasteiger partial charge in [0.2, 0.25) is 5.95 Å². The summed E-state index contributed by atoms with van der Waals surface area (Å²) in [5.41, 5.74) is 0. The summed E-state index contributed by atoms with van der Waals surface area (Å²) in [5, 5.41) is 3.20. The van der Waals surface area contributed by atoms with Crippen LogP contribution in [0.4, 0.5) is 11.8 Å². The van der Waals surface area contributed by atoms with E-state index in [1.807, 2.05) is 13.0 Å². The minimum Gasteiger partial charge on any atom is -0.380 e. The zero-order valence-electron chi connectivity index (χ0n) is 11.6. The van der Waals surface area contributed by atoms with Crippen LogP contribution in [-0.2, 0) is 4.74 Å². The molecule has 0 saturated carbocycles. The van der Waals surface area contributed by atoms with Crippen molar-refractivity contribution in [2.75, 3.05) is 43.1 Å². The van der Waals surface area contributed by atoms with E-state index in [-0.39, 0.29) is 0 Å². The molecular formula is C13H24N4O. The molecule has 0 aliphatic heterocycles. The predicted octanol–water partition coefficient (Wildman–Crippen LogP) is 2.16. The third kappa shape index (κ3) is 4.87. The standard InChI is InChI=1S/C13H24N4O/c1-4-8-14-13-15-9-7-12(16-13)17(5-2)10-11-18-6-3/h7,9H,4-6,8,10-11H2,1-3H3,(H,14,15,16). The highest BCUT2D eigenvalue weighted by atomic mass is 16.5. The van der Waals surface area contributed by atoms with E-state index in [0.29, 0.717) is 5.95 Å². The first-order valence-corrected chi connectivity index (χ1v) is 6.71. The molecule has 5 nitrogen and oxygen atoms in total. The Balaban J connectivity index is 2.60. The number of rotatable bonds is 9. The van der Waals surface area contributed by atoms with E-state index in [1.165, 1.54) is 0 Å². The Labute approximate surface area is 110 Å². The number of ether oxygens (including phenoxy) is 1. The van der Waals surface area contributed by atoms with E-state index in [0.717, 1.165) is 45.1 Å². The fraction of sp³-hybridized carbons (Fsp3) is 0.692. The first-order chi connectivity index (χ1) is 8.81. The van der Waals surface area contributed by atoms with Crippen molar-refractivity contribution in [2.24, 2.45) is 0 Å². The van der Waals surface area contributed by atoms with Crippen molar-refractivity contribution in [1.29, 1.82) is 0 Å². The second-order valence-electron chi connectivity index (χ2n) is 3.94. The summed E-state index contributed by atoms with van der Waals surface area (Å²) in [6, 6.07) is 1.94. The average Bonchev–Trinajstić information content (AvgIpc) is 2.42. The van der Waals surface area contributed by atoms with E-state index < -0.39 is 0 Å². The normalized spacial score (nSPS) is 10.4. The highest BCUT2D eigenvalue weighted by Gasteiger charge is 2.06. The van der Waals surface area contributed by atoms with Crippen LogP contribution in [-0.4, -0.2) is 42.8 Å². The van der Waals surface area contributed by atoms with Crippen molar-refractivity contribution < 1.29 is 4.74 Å². The van der Waals surface area contributed by atoms with E-state index in [4.69, 9.17) is 4.74 Å². The van der Waals surface area contributed by atoms with Crippen LogP contribution in [0.25, 0.3) is 0 Å². The Morgan fingerprint density at radius 1 is 1.33 bits per heavy atom. The second kappa shape index (κ2) is 8.69. The average molecular weight is 252 g/mol. The number of anilines is 2. The zero-order valence-corrected chi connectivity index (χ0v) is 11.6. The SMILES string of the molecule is CCCNc1nccc(N(CC)CCOCC)n1. The molecule has 102 valence electrons. The smallest absolute Gasteiger partial charge is 0.224 e. The van der Waals surface area contributed by atoms with Gasteiger partial charge in [0.05, 0.1) is 6.61 Å². The summed E-state index contributed by atoms with van der Waals surface area (Å²) < 4.78 is 5.38. The van der Waals surface area contributed by atoms with Gasteiger partial charge >= 0.3 is 0 Å². The maximum atomic E-state index is 5.38. The van der Waals surface area contributed by atoms with Gasteiger partial charge in [0.1, 0.15) is 5.82 Å². The Hall–Kier alpha value is -1.36. The molecule has 0 saturated heterocycles. The lowest BCUT2D eigenvalue weighted by atomic mass is 10.4. The summed E-state index contributed by atoms with van der Waals surface area (Å²) in [4.78, 5) is 10.9. The monoisotopic (exact) mass is 252 g/mol. The molecule has 0 aromatic carbocycles.